The summed E-state index contributed by atoms with van der Waals surface area (Å²) in [5, 5.41) is 4.21. The zero-order valence-electron chi connectivity index (χ0n) is 15.4. The molecule has 1 amide bonds. The lowest BCUT2D eigenvalue weighted by atomic mass is 10.1. The van der Waals surface area contributed by atoms with E-state index < -0.39 is 0 Å². The Balaban J connectivity index is 1.53. The summed E-state index contributed by atoms with van der Waals surface area (Å²) in [6.45, 7) is 6.92. The summed E-state index contributed by atoms with van der Waals surface area (Å²) in [7, 11) is 0. The van der Waals surface area contributed by atoms with Crippen LogP contribution in [0.1, 0.15) is 35.6 Å². The molecule has 0 aliphatic carbocycles. The van der Waals surface area contributed by atoms with Gasteiger partial charge in [0.25, 0.3) is 5.91 Å². The van der Waals surface area contributed by atoms with Crippen molar-refractivity contribution >= 4 is 22.7 Å². The SMILES string of the molecule is CCn1c(C)nc2cc(C(=O)N/N=C(/C)c3ccc4c(c3)OCO4)ccc21. The van der Waals surface area contributed by atoms with Gasteiger partial charge < -0.3 is 14.0 Å². The van der Waals surface area contributed by atoms with E-state index in [0.29, 0.717) is 22.8 Å². The molecule has 7 nitrogen and oxygen atoms in total. The number of aromatic nitrogens is 2. The number of hydrazone groups is 1. The summed E-state index contributed by atoms with van der Waals surface area (Å²) >= 11 is 0. The Bertz CT molecular complexity index is 1070. The number of nitrogens with one attached hydrogen (secondary N) is 1. The van der Waals surface area contributed by atoms with E-state index in [9.17, 15) is 4.79 Å². The van der Waals surface area contributed by atoms with Crippen LogP contribution in [0.2, 0.25) is 0 Å². The van der Waals surface area contributed by atoms with E-state index in [4.69, 9.17) is 9.47 Å². The molecular formula is C20H20N4O3. The number of aryl methyl sites for hydroxylation is 2. The number of hydrogen-bond donors (Lipinski definition) is 1. The molecule has 0 fully saturated rings. The van der Waals surface area contributed by atoms with E-state index in [1.54, 1.807) is 12.1 Å². The molecule has 0 unspecified atom stereocenters. The summed E-state index contributed by atoms with van der Waals surface area (Å²) in [5.74, 6) is 2.05. The number of amides is 1. The predicted molar refractivity (Wildman–Crippen MR) is 102 cm³/mol. The van der Waals surface area contributed by atoms with Crippen molar-refractivity contribution in [1.29, 1.82) is 0 Å². The molecule has 1 N–H and O–H groups in total. The Morgan fingerprint density at radius 3 is 2.78 bits per heavy atom. The van der Waals surface area contributed by atoms with Gasteiger partial charge in [-0.2, -0.15) is 5.10 Å². The van der Waals surface area contributed by atoms with Gasteiger partial charge in [-0.05, 0) is 57.2 Å². The average Bonchev–Trinajstić information content (AvgIpc) is 3.27. The molecular weight excluding hydrogens is 344 g/mol. The standard InChI is InChI=1S/C20H20N4O3/c1-4-24-13(3)21-16-9-15(5-7-17(16)24)20(25)23-22-12(2)14-6-8-18-19(10-14)27-11-26-18/h5-10H,4,11H2,1-3H3,(H,23,25)/b22-12-. The highest BCUT2D eigenvalue weighted by molar-refractivity contribution is 6.02. The average molecular weight is 364 g/mol. The number of ether oxygens (including phenoxy) is 2. The molecule has 7 heteroatoms. The third-order valence-electron chi connectivity index (χ3n) is 4.63. The predicted octanol–water partition coefficient (Wildman–Crippen LogP) is 3.25. The first kappa shape index (κ1) is 17.1. The summed E-state index contributed by atoms with van der Waals surface area (Å²) in [6.07, 6.45) is 0. The van der Waals surface area contributed by atoms with E-state index in [2.05, 4.69) is 27.0 Å². The van der Waals surface area contributed by atoms with Crippen LogP contribution in [-0.2, 0) is 6.54 Å². The van der Waals surface area contributed by atoms with Gasteiger partial charge in [0.05, 0.1) is 16.7 Å². The number of rotatable bonds is 4. The van der Waals surface area contributed by atoms with Crippen LogP contribution in [0, 0.1) is 6.92 Å². The van der Waals surface area contributed by atoms with Crippen LogP contribution >= 0.6 is 0 Å². The molecule has 0 bridgehead atoms. The summed E-state index contributed by atoms with van der Waals surface area (Å²) in [6, 6.07) is 11.1. The van der Waals surface area contributed by atoms with Crippen molar-refractivity contribution in [3.8, 4) is 11.5 Å². The lowest BCUT2D eigenvalue weighted by molar-refractivity contribution is 0.0955. The number of benzene rings is 2. The Kier molecular flexibility index (Phi) is 4.27. The molecule has 1 aliphatic heterocycles. The van der Waals surface area contributed by atoms with Crippen molar-refractivity contribution < 1.29 is 14.3 Å². The second-order valence-electron chi connectivity index (χ2n) is 6.31. The van der Waals surface area contributed by atoms with Crippen LogP contribution in [0.3, 0.4) is 0 Å². The lowest BCUT2D eigenvalue weighted by Crippen LogP contribution is -2.19. The first-order valence-electron chi connectivity index (χ1n) is 8.78. The van der Waals surface area contributed by atoms with E-state index in [1.165, 1.54) is 0 Å². The molecule has 4 rings (SSSR count). The minimum absolute atomic E-state index is 0.224. The summed E-state index contributed by atoms with van der Waals surface area (Å²) < 4.78 is 12.8. The van der Waals surface area contributed by atoms with Gasteiger partial charge in [0.2, 0.25) is 6.79 Å². The largest absolute Gasteiger partial charge is 0.454 e. The minimum Gasteiger partial charge on any atom is -0.454 e. The number of hydrogen-bond acceptors (Lipinski definition) is 5. The Labute approximate surface area is 156 Å². The first-order valence-corrected chi connectivity index (χ1v) is 8.78. The minimum atomic E-state index is -0.277. The van der Waals surface area contributed by atoms with Crippen LogP contribution in [0.25, 0.3) is 11.0 Å². The summed E-state index contributed by atoms with van der Waals surface area (Å²) in [5.41, 5.74) is 6.48. The van der Waals surface area contributed by atoms with Crippen molar-refractivity contribution in [2.24, 2.45) is 5.10 Å². The maximum atomic E-state index is 12.5. The van der Waals surface area contributed by atoms with E-state index in [-0.39, 0.29) is 12.7 Å². The molecule has 0 radical (unpaired) electrons. The Morgan fingerprint density at radius 1 is 1.19 bits per heavy atom. The third-order valence-corrected chi connectivity index (χ3v) is 4.63. The quantitative estimate of drug-likeness (QED) is 0.569. The number of nitrogens with zero attached hydrogens (tertiary/aromatic N) is 3. The molecule has 0 saturated heterocycles. The van der Waals surface area contributed by atoms with Gasteiger partial charge in [-0.3, -0.25) is 4.79 Å². The number of fused-ring (bicyclic) bond motifs is 2. The van der Waals surface area contributed by atoms with Crippen molar-refractivity contribution in [2.75, 3.05) is 6.79 Å². The van der Waals surface area contributed by atoms with Gasteiger partial charge in [0, 0.05) is 17.7 Å². The number of imidazole rings is 1. The van der Waals surface area contributed by atoms with E-state index >= 15 is 0 Å². The van der Waals surface area contributed by atoms with Gasteiger partial charge in [-0.25, -0.2) is 10.4 Å². The maximum absolute atomic E-state index is 12.5. The van der Waals surface area contributed by atoms with Gasteiger partial charge in [-0.15, -0.1) is 0 Å². The maximum Gasteiger partial charge on any atom is 0.271 e. The highest BCUT2D eigenvalue weighted by Crippen LogP contribution is 2.32. The molecule has 1 aliphatic rings. The lowest BCUT2D eigenvalue weighted by Gasteiger charge is -2.05. The molecule has 2 heterocycles. The van der Waals surface area contributed by atoms with Crippen molar-refractivity contribution in [3.63, 3.8) is 0 Å². The number of carbonyl (C=O) groups is 1. The van der Waals surface area contributed by atoms with Crippen LogP contribution in [0.5, 0.6) is 11.5 Å². The van der Waals surface area contributed by atoms with Crippen LogP contribution in [0.4, 0.5) is 0 Å². The van der Waals surface area contributed by atoms with Crippen LogP contribution in [0.15, 0.2) is 41.5 Å². The summed E-state index contributed by atoms with van der Waals surface area (Å²) in [4.78, 5) is 17.0. The highest BCUT2D eigenvalue weighted by Gasteiger charge is 2.15. The van der Waals surface area contributed by atoms with Gasteiger partial charge in [0.1, 0.15) is 5.82 Å². The third kappa shape index (κ3) is 3.12. The fourth-order valence-corrected chi connectivity index (χ4v) is 3.18. The zero-order valence-corrected chi connectivity index (χ0v) is 15.4. The smallest absolute Gasteiger partial charge is 0.271 e. The normalized spacial score (nSPS) is 13.2. The fraction of sp³-hybridized carbons (Fsp3) is 0.250. The second-order valence-corrected chi connectivity index (χ2v) is 6.31. The van der Waals surface area contributed by atoms with Gasteiger partial charge >= 0.3 is 0 Å². The molecule has 1 aromatic heterocycles. The van der Waals surface area contributed by atoms with E-state index in [1.807, 2.05) is 38.1 Å². The van der Waals surface area contributed by atoms with Crippen LogP contribution < -0.4 is 14.9 Å². The Hall–Kier alpha value is -3.35. The van der Waals surface area contributed by atoms with Gasteiger partial charge in [-0.1, -0.05) is 0 Å². The molecule has 0 spiro atoms. The second kappa shape index (κ2) is 6.75. The van der Waals surface area contributed by atoms with Crippen molar-refractivity contribution in [2.45, 2.75) is 27.3 Å². The fourth-order valence-electron chi connectivity index (χ4n) is 3.18. The number of carbonyl (C=O) groups excluding carboxylic acids is 1. The van der Waals surface area contributed by atoms with Crippen molar-refractivity contribution in [1.82, 2.24) is 15.0 Å². The molecule has 0 saturated carbocycles. The molecule has 3 aromatic rings. The Morgan fingerprint density at radius 2 is 1.96 bits per heavy atom. The highest BCUT2D eigenvalue weighted by atomic mass is 16.7. The van der Waals surface area contributed by atoms with E-state index in [0.717, 1.165) is 29.0 Å². The van der Waals surface area contributed by atoms with Crippen molar-refractivity contribution in [3.05, 3.63) is 53.3 Å². The van der Waals surface area contributed by atoms with Gasteiger partial charge in [0.15, 0.2) is 11.5 Å². The monoisotopic (exact) mass is 364 g/mol. The molecule has 27 heavy (non-hydrogen) atoms. The zero-order chi connectivity index (χ0) is 19.0. The molecule has 2 aromatic carbocycles. The van der Waals surface area contributed by atoms with Crippen LogP contribution in [-0.4, -0.2) is 28.0 Å². The molecule has 138 valence electrons. The topological polar surface area (TPSA) is 77.7 Å². The molecule has 0 atom stereocenters. The first-order chi connectivity index (χ1) is 13.1.